The molecule has 0 N–H and O–H groups in total. The van der Waals surface area contributed by atoms with E-state index in [4.69, 9.17) is 4.74 Å². The van der Waals surface area contributed by atoms with Crippen molar-refractivity contribution in [2.75, 3.05) is 32.7 Å². The number of nitrogens with zero attached hydrogens (tertiary/aromatic N) is 2. The minimum Gasteiger partial charge on any atom is -0.372 e. The Labute approximate surface area is 140 Å². The Morgan fingerprint density at radius 1 is 1.13 bits per heavy atom. The van der Waals surface area contributed by atoms with E-state index < -0.39 is 6.17 Å². The molecule has 2 atom stereocenters. The van der Waals surface area contributed by atoms with Crippen LogP contribution in [0, 0.1) is 11.8 Å². The first-order valence-electron chi connectivity index (χ1n) is 9.17. The SMILES string of the molecule is CC(C)CN1CCC(OC2CCN(C(=O)C(C)C)CC2)C(F)C1. The summed E-state index contributed by atoms with van der Waals surface area (Å²) in [7, 11) is 0. The van der Waals surface area contributed by atoms with Crippen molar-refractivity contribution in [2.45, 2.75) is 65.3 Å². The number of alkyl halides is 1. The van der Waals surface area contributed by atoms with Crippen molar-refractivity contribution in [2.24, 2.45) is 11.8 Å². The van der Waals surface area contributed by atoms with Crippen LogP contribution in [-0.2, 0) is 9.53 Å². The summed E-state index contributed by atoms with van der Waals surface area (Å²) in [6.07, 6.45) is 1.38. The van der Waals surface area contributed by atoms with Crippen LogP contribution in [-0.4, -0.2) is 66.8 Å². The maximum atomic E-state index is 14.4. The molecule has 2 unspecified atom stereocenters. The molecule has 4 nitrogen and oxygen atoms in total. The molecule has 0 aromatic carbocycles. The molecule has 2 fully saturated rings. The quantitative estimate of drug-likeness (QED) is 0.778. The number of ether oxygens (including phenoxy) is 1. The van der Waals surface area contributed by atoms with Gasteiger partial charge in [0.25, 0.3) is 0 Å². The van der Waals surface area contributed by atoms with E-state index in [0.29, 0.717) is 12.5 Å². The average molecular weight is 328 g/mol. The van der Waals surface area contributed by atoms with E-state index in [0.717, 1.165) is 45.4 Å². The summed E-state index contributed by atoms with van der Waals surface area (Å²) in [4.78, 5) is 16.1. The van der Waals surface area contributed by atoms with Crippen LogP contribution in [0.1, 0.15) is 47.0 Å². The molecular weight excluding hydrogens is 295 g/mol. The van der Waals surface area contributed by atoms with Gasteiger partial charge >= 0.3 is 0 Å². The summed E-state index contributed by atoms with van der Waals surface area (Å²) < 4.78 is 20.4. The molecule has 0 radical (unpaired) electrons. The van der Waals surface area contributed by atoms with Gasteiger partial charge in [0.15, 0.2) is 0 Å². The molecule has 0 aromatic rings. The highest BCUT2D eigenvalue weighted by Crippen LogP contribution is 2.24. The second-order valence-corrected chi connectivity index (χ2v) is 7.81. The summed E-state index contributed by atoms with van der Waals surface area (Å²) >= 11 is 0. The van der Waals surface area contributed by atoms with Gasteiger partial charge in [-0.25, -0.2) is 4.39 Å². The molecule has 23 heavy (non-hydrogen) atoms. The number of hydrogen-bond acceptors (Lipinski definition) is 3. The minimum absolute atomic E-state index is 0.0491. The first kappa shape index (κ1) is 18.7. The Bertz CT molecular complexity index is 381. The van der Waals surface area contributed by atoms with Crippen molar-refractivity contribution in [3.05, 3.63) is 0 Å². The van der Waals surface area contributed by atoms with Gasteiger partial charge in [-0.3, -0.25) is 9.69 Å². The number of hydrogen-bond donors (Lipinski definition) is 0. The standard InChI is InChI=1S/C18H33FN2O2/c1-13(2)11-20-8-7-17(16(19)12-20)23-15-5-9-21(10-6-15)18(22)14(3)4/h13-17H,5-12H2,1-4H3. The number of carbonyl (C=O) groups is 1. The molecule has 2 rings (SSSR count). The number of likely N-dealkylation sites (tertiary alicyclic amines) is 2. The monoisotopic (exact) mass is 328 g/mol. The van der Waals surface area contributed by atoms with Crippen LogP contribution in [0.4, 0.5) is 4.39 Å². The maximum absolute atomic E-state index is 14.4. The Morgan fingerprint density at radius 2 is 1.78 bits per heavy atom. The summed E-state index contributed by atoms with van der Waals surface area (Å²) in [6.45, 7) is 12.1. The van der Waals surface area contributed by atoms with E-state index in [2.05, 4.69) is 18.7 Å². The summed E-state index contributed by atoms with van der Waals surface area (Å²) in [5.74, 6) is 0.837. The molecule has 134 valence electrons. The second-order valence-electron chi connectivity index (χ2n) is 7.81. The van der Waals surface area contributed by atoms with Gasteiger partial charge in [0.05, 0.1) is 12.2 Å². The molecule has 2 aliphatic heterocycles. The molecule has 2 heterocycles. The zero-order chi connectivity index (χ0) is 17.0. The van der Waals surface area contributed by atoms with Gasteiger partial charge in [0, 0.05) is 38.6 Å². The lowest BCUT2D eigenvalue weighted by Gasteiger charge is -2.39. The molecule has 0 spiro atoms. The molecule has 2 aliphatic rings. The topological polar surface area (TPSA) is 32.8 Å². The van der Waals surface area contributed by atoms with Crippen molar-refractivity contribution in [1.82, 2.24) is 9.80 Å². The number of rotatable bonds is 5. The Kier molecular flexibility index (Phi) is 6.84. The zero-order valence-electron chi connectivity index (χ0n) is 15.1. The van der Waals surface area contributed by atoms with E-state index in [1.165, 1.54) is 0 Å². The van der Waals surface area contributed by atoms with Crippen molar-refractivity contribution in [3.8, 4) is 0 Å². The summed E-state index contributed by atoms with van der Waals surface area (Å²) in [5, 5.41) is 0. The van der Waals surface area contributed by atoms with Gasteiger partial charge in [-0.2, -0.15) is 0 Å². The van der Waals surface area contributed by atoms with Crippen LogP contribution in [0.3, 0.4) is 0 Å². The zero-order valence-corrected chi connectivity index (χ0v) is 15.1. The Balaban J connectivity index is 1.73. The van der Waals surface area contributed by atoms with Gasteiger partial charge < -0.3 is 9.64 Å². The second kappa shape index (κ2) is 8.43. The Morgan fingerprint density at radius 3 is 2.30 bits per heavy atom. The highest BCUT2D eigenvalue weighted by atomic mass is 19.1. The van der Waals surface area contributed by atoms with Crippen LogP contribution < -0.4 is 0 Å². The lowest BCUT2D eigenvalue weighted by Crippen LogP contribution is -2.49. The van der Waals surface area contributed by atoms with E-state index in [-0.39, 0.29) is 24.0 Å². The molecule has 0 aromatic heterocycles. The molecule has 0 bridgehead atoms. The lowest BCUT2D eigenvalue weighted by atomic mass is 10.0. The third kappa shape index (κ3) is 5.42. The summed E-state index contributed by atoms with van der Waals surface area (Å²) in [6, 6.07) is 0. The van der Waals surface area contributed by atoms with Crippen molar-refractivity contribution in [3.63, 3.8) is 0 Å². The van der Waals surface area contributed by atoms with E-state index >= 15 is 0 Å². The summed E-state index contributed by atoms with van der Waals surface area (Å²) in [5.41, 5.74) is 0. The molecule has 0 saturated carbocycles. The lowest BCUT2D eigenvalue weighted by molar-refractivity contribution is -0.140. The highest BCUT2D eigenvalue weighted by molar-refractivity contribution is 5.78. The van der Waals surface area contributed by atoms with Crippen LogP contribution >= 0.6 is 0 Å². The van der Waals surface area contributed by atoms with Crippen molar-refractivity contribution < 1.29 is 13.9 Å². The fourth-order valence-electron chi connectivity index (χ4n) is 3.61. The van der Waals surface area contributed by atoms with Gasteiger partial charge in [-0.05, 0) is 25.2 Å². The highest BCUT2D eigenvalue weighted by Gasteiger charge is 2.33. The molecule has 2 saturated heterocycles. The third-order valence-electron chi connectivity index (χ3n) is 4.80. The van der Waals surface area contributed by atoms with E-state index in [9.17, 15) is 9.18 Å². The fraction of sp³-hybridized carbons (Fsp3) is 0.944. The molecule has 1 amide bonds. The predicted octanol–water partition coefficient (Wildman–Crippen LogP) is 2.72. The normalized spacial score (nSPS) is 27.9. The van der Waals surface area contributed by atoms with E-state index in [1.807, 2.05) is 18.7 Å². The van der Waals surface area contributed by atoms with Crippen LogP contribution in [0.25, 0.3) is 0 Å². The van der Waals surface area contributed by atoms with Crippen LogP contribution in [0.15, 0.2) is 0 Å². The van der Waals surface area contributed by atoms with E-state index in [1.54, 1.807) is 0 Å². The number of halogens is 1. The van der Waals surface area contributed by atoms with Gasteiger partial charge in [-0.15, -0.1) is 0 Å². The molecule has 0 aliphatic carbocycles. The third-order valence-corrected chi connectivity index (χ3v) is 4.80. The van der Waals surface area contributed by atoms with Gasteiger partial charge in [-0.1, -0.05) is 27.7 Å². The smallest absolute Gasteiger partial charge is 0.225 e. The van der Waals surface area contributed by atoms with Crippen molar-refractivity contribution in [1.29, 1.82) is 0 Å². The first-order chi connectivity index (χ1) is 10.9. The fourth-order valence-corrected chi connectivity index (χ4v) is 3.61. The largest absolute Gasteiger partial charge is 0.372 e. The van der Waals surface area contributed by atoms with Crippen LogP contribution in [0.5, 0.6) is 0 Å². The first-order valence-corrected chi connectivity index (χ1v) is 9.17. The van der Waals surface area contributed by atoms with Gasteiger partial charge in [0.2, 0.25) is 5.91 Å². The van der Waals surface area contributed by atoms with Crippen LogP contribution in [0.2, 0.25) is 0 Å². The van der Waals surface area contributed by atoms with Gasteiger partial charge in [0.1, 0.15) is 6.17 Å². The average Bonchev–Trinajstić information content (AvgIpc) is 2.49. The van der Waals surface area contributed by atoms with Crippen molar-refractivity contribution >= 4 is 5.91 Å². The molecular formula is C18H33FN2O2. The minimum atomic E-state index is -0.891. The number of amides is 1. The number of carbonyl (C=O) groups excluding carboxylic acids is 1. The molecule has 5 heteroatoms. The maximum Gasteiger partial charge on any atom is 0.225 e. The predicted molar refractivity (Wildman–Crippen MR) is 90.1 cm³/mol. The number of piperidine rings is 2. The Hall–Kier alpha value is -0.680.